The van der Waals surface area contributed by atoms with Gasteiger partial charge in [0.25, 0.3) is 0 Å². The molecule has 2 N–H and O–H groups in total. The molecule has 0 spiro atoms. The molecule has 3 rings (SSSR count). The molecule has 1 atom stereocenters. The van der Waals surface area contributed by atoms with Gasteiger partial charge in [0.1, 0.15) is 5.75 Å². The summed E-state index contributed by atoms with van der Waals surface area (Å²) in [4.78, 5) is 14.9. The maximum Gasteiger partial charge on any atom is 0.238 e. The van der Waals surface area contributed by atoms with Gasteiger partial charge < -0.3 is 15.4 Å². The molecule has 146 valence electrons. The summed E-state index contributed by atoms with van der Waals surface area (Å²) in [5.41, 5.74) is 3.18. The number of para-hydroxylation sites is 2. The maximum absolute atomic E-state index is 12.7. The summed E-state index contributed by atoms with van der Waals surface area (Å²) in [6.45, 7) is 4.97. The number of benzene rings is 2. The van der Waals surface area contributed by atoms with Gasteiger partial charge in [-0.25, -0.2) is 0 Å². The smallest absolute Gasteiger partial charge is 0.238 e. The lowest BCUT2D eigenvalue weighted by Crippen LogP contribution is -2.48. The zero-order valence-electron chi connectivity index (χ0n) is 15.9. The first kappa shape index (κ1) is 21.2. The van der Waals surface area contributed by atoms with Gasteiger partial charge in [-0.3, -0.25) is 9.69 Å². The number of nitrogens with zero attached hydrogens (tertiary/aromatic N) is 1. The van der Waals surface area contributed by atoms with Crippen molar-refractivity contribution in [2.75, 3.05) is 38.6 Å². The molecule has 1 unspecified atom stereocenters. The van der Waals surface area contributed by atoms with Crippen molar-refractivity contribution in [3.63, 3.8) is 0 Å². The number of methoxy groups -OCH3 is 1. The molecule has 5 nitrogen and oxygen atoms in total. The molecule has 2 aromatic rings. The fourth-order valence-corrected chi connectivity index (χ4v) is 3.51. The van der Waals surface area contributed by atoms with Crippen LogP contribution in [0, 0.1) is 0 Å². The van der Waals surface area contributed by atoms with Crippen LogP contribution in [0.3, 0.4) is 0 Å². The van der Waals surface area contributed by atoms with Gasteiger partial charge >= 0.3 is 0 Å². The summed E-state index contributed by atoms with van der Waals surface area (Å²) in [5, 5.41) is 6.50. The fourth-order valence-electron chi connectivity index (χ4n) is 3.51. The predicted octanol–water partition coefficient (Wildman–Crippen LogP) is 3.26. The Balaban J connectivity index is 0.00000261. The van der Waals surface area contributed by atoms with Crippen LogP contribution in [0.25, 0.3) is 0 Å². The van der Waals surface area contributed by atoms with E-state index in [1.54, 1.807) is 7.11 Å². The van der Waals surface area contributed by atoms with Gasteiger partial charge in [-0.05, 0) is 24.1 Å². The molecule has 1 aliphatic heterocycles. The number of halogens is 1. The van der Waals surface area contributed by atoms with E-state index >= 15 is 0 Å². The van der Waals surface area contributed by atoms with Crippen molar-refractivity contribution in [3.8, 4) is 5.75 Å². The summed E-state index contributed by atoms with van der Waals surface area (Å²) in [7, 11) is 1.69. The average Bonchev–Trinajstić information content (AvgIpc) is 2.68. The van der Waals surface area contributed by atoms with Gasteiger partial charge in [-0.1, -0.05) is 43.3 Å². The van der Waals surface area contributed by atoms with Gasteiger partial charge in [0.05, 0.1) is 19.7 Å². The number of piperazine rings is 1. The number of hydrogen-bond donors (Lipinski definition) is 2. The van der Waals surface area contributed by atoms with E-state index in [4.69, 9.17) is 4.74 Å². The van der Waals surface area contributed by atoms with E-state index in [1.165, 1.54) is 0 Å². The number of ether oxygens (including phenoxy) is 1. The Morgan fingerprint density at radius 1 is 1.22 bits per heavy atom. The van der Waals surface area contributed by atoms with Gasteiger partial charge in [-0.15, -0.1) is 12.4 Å². The number of hydrogen-bond acceptors (Lipinski definition) is 4. The lowest BCUT2D eigenvalue weighted by atomic mass is 10.0. The molecule has 0 aromatic heterocycles. The van der Waals surface area contributed by atoms with Crippen LogP contribution in [0.4, 0.5) is 5.69 Å². The van der Waals surface area contributed by atoms with Gasteiger partial charge in [0.15, 0.2) is 0 Å². The molecular weight excluding hydrogens is 362 g/mol. The highest BCUT2D eigenvalue weighted by Gasteiger charge is 2.27. The van der Waals surface area contributed by atoms with Crippen molar-refractivity contribution in [2.24, 2.45) is 0 Å². The van der Waals surface area contributed by atoms with Crippen LogP contribution in [0.5, 0.6) is 5.75 Å². The fraction of sp³-hybridized carbons (Fsp3) is 0.381. The molecule has 6 heteroatoms. The van der Waals surface area contributed by atoms with E-state index in [1.807, 2.05) is 36.4 Å². The van der Waals surface area contributed by atoms with E-state index in [9.17, 15) is 4.79 Å². The van der Waals surface area contributed by atoms with Crippen molar-refractivity contribution >= 4 is 24.0 Å². The van der Waals surface area contributed by atoms with Gasteiger partial charge in [0.2, 0.25) is 5.91 Å². The number of carbonyl (C=O) groups is 1. The highest BCUT2D eigenvalue weighted by Crippen LogP contribution is 2.30. The minimum absolute atomic E-state index is 0. The number of nitrogens with one attached hydrogen (secondary N) is 2. The summed E-state index contributed by atoms with van der Waals surface area (Å²) in [5.74, 6) is 0.885. The van der Waals surface area contributed by atoms with Crippen LogP contribution in [-0.4, -0.2) is 44.1 Å². The largest absolute Gasteiger partial charge is 0.496 e. The summed E-state index contributed by atoms with van der Waals surface area (Å²) in [6, 6.07) is 16.1. The molecule has 0 aliphatic carbocycles. The van der Waals surface area contributed by atoms with Crippen LogP contribution < -0.4 is 15.4 Å². The molecule has 0 bridgehead atoms. The third-order valence-electron chi connectivity index (χ3n) is 4.87. The topological polar surface area (TPSA) is 53.6 Å². The first-order valence-electron chi connectivity index (χ1n) is 9.18. The standard InChI is InChI=1S/C21H27N3O2.ClH/c1-3-16-8-4-6-10-18(16)23-21(25)15-24-13-12-22-14-19(24)17-9-5-7-11-20(17)26-2;/h4-11,19,22H,3,12-15H2,1-2H3,(H,23,25);1H. The molecule has 1 amide bonds. The molecule has 1 heterocycles. The summed E-state index contributed by atoms with van der Waals surface area (Å²) < 4.78 is 5.52. The number of anilines is 1. The number of rotatable bonds is 6. The molecule has 1 fully saturated rings. The van der Waals surface area contributed by atoms with Crippen molar-refractivity contribution in [3.05, 3.63) is 59.7 Å². The van der Waals surface area contributed by atoms with E-state index < -0.39 is 0 Å². The Bertz CT molecular complexity index is 754. The van der Waals surface area contributed by atoms with Crippen LogP contribution in [0.15, 0.2) is 48.5 Å². The van der Waals surface area contributed by atoms with Crippen LogP contribution >= 0.6 is 12.4 Å². The highest BCUT2D eigenvalue weighted by atomic mass is 35.5. The molecular formula is C21H28ClN3O2. The first-order chi connectivity index (χ1) is 12.7. The van der Waals surface area contributed by atoms with E-state index in [0.29, 0.717) is 6.54 Å². The molecule has 27 heavy (non-hydrogen) atoms. The lowest BCUT2D eigenvalue weighted by Gasteiger charge is -2.36. The van der Waals surface area contributed by atoms with Crippen molar-refractivity contribution in [2.45, 2.75) is 19.4 Å². The van der Waals surface area contributed by atoms with Crippen LogP contribution in [0.2, 0.25) is 0 Å². The number of amides is 1. The molecule has 1 saturated heterocycles. The Morgan fingerprint density at radius 2 is 1.96 bits per heavy atom. The third kappa shape index (κ3) is 5.22. The van der Waals surface area contributed by atoms with E-state index in [2.05, 4.69) is 34.6 Å². The van der Waals surface area contributed by atoms with Crippen LogP contribution in [0.1, 0.15) is 24.1 Å². The zero-order chi connectivity index (χ0) is 18.4. The minimum atomic E-state index is 0. The van der Waals surface area contributed by atoms with E-state index in [0.717, 1.165) is 48.6 Å². The number of aryl methyl sites for hydroxylation is 1. The third-order valence-corrected chi connectivity index (χ3v) is 4.87. The monoisotopic (exact) mass is 389 g/mol. The van der Waals surface area contributed by atoms with Crippen molar-refractivity contribution < 1.29 is 9.53 Å². The van der Waals surface area contributed by atoms with Gasteiger partial charge in [-0.2, -0.15) is 0 Å². The Labute approximate surface area is 167 Å². The molecule has 0 radical (unpaired) electrons. The van der Waals surface area contributed by atoms with Crippen molar-refractivity contribution in [1.29, 1.82) is 0 Å². The first-order valence-corrected chi connectivity index (χ1v) is 9.18. The SMILES string of the molecule is CCc1ccccc1NC(=O)CN1CCNCC1c1ccccc1OC.Cl. The summed E-state index contributed by atoms with van der Waals surface area (Å²) in [6.07, 6.45) is 0.897. The lowest BCUT2D eigenvalue weighted by molar-refractivity contribution is -0.118. The second kappa shape index (κ2) is 10.3. The van der Waals surface area contributed by atoms with Crippen molar-refractivity contribution in [1.82, 2.24) is 10.2 Å². The Hall–Kier alpha value is -2.08. The predicted molar refractivity (Wildman–Crippen MR) is 112 cm³/mol. The molecule has 2 aromatic carbocycles. The normalized spacial score (nSPS) is 17.0. The average molecular weight is 390 g/mol. The molecule has 0 saturated carbocycles. The minimum Gasteiger partial charge on any atom is -0.496 e. The highest BCUT2D eigenvalue weighted by molar-refractivity contribution is 5.93. The summed E-state index contributed by atoms with van der Waals surface area (Å²) >= 11 is 0. The zero-order valence-corrected chi connectivity index (χ0v) is 16.7. The second-order valence-electron chi connectivity index (χ2n) is 6.49. The Morgan fingerprint density at radius 3 is 2.74 bits per heavy atom. The van der Waals surface area contributed by atoms with E-state index in [-0.39, 0.29) is 24.4 Å². The van der Waals surface area contributed by atoms with Crippen LogP contribution in [-0.2, 0) is 11.2 Å². The molecule has 1 aliphatic rings. The van der Waals surface area contributed by atoms with Gasteiger partial charge in [0, 0.05) is 30.9 Å². The second-order valence-corrected chi connectivity index (χ2v) is 6.49. The number of carbonyl (C=O) groups excluding carboxylic acids is 1. The Kier molecular flexibility index (Phi) is 8.10. The quantitative estimate of drug-likeness (QED) is 0.796. The maximum atomic E-state index is 12.7.